The van der Waals surface area contributed by atoms with Crippen molar-refractivity contribution in [3.63, 3.8) is 0 Å². The normalized spacial score (nSPS) is 11.6. The molecule has 0 aliphatic heterocycles. The maximum Gasteiger partial charge on any atom is 0.0775 e. The first-order chi connectivity index (χ1) is 9.45. The average Bonchev–Trinajstić information content (AvgIpc) is 2.38. The molecule has 0 saturated carbocycles. The Balaban J connectivity index is 1.88. The van der Waals surface area contributed by atoms with Crippen molar-refractivity contribution in [2.45, 2.75) is 39.7 Å². The Morgan fingerprint density at radius 3 is 2.10 bits per heavy atom. The number of rotatable bonds is 5. The van der Waals surface area contributed by atoms with Crippen LogP contribution in [0, 0.1) is 6.92 Å². The Labute approximate surface area is 124 Å². The van der Waals surface area contributed by atoms with Crippen molar-refractivity contribution in [3.05, 3.63) is 65.2 Å². The van der Waals surface area contributed by atoms with Gasteiger partial charge in [-0.1, -0.05) is 78.9 Å². The zero-order valence-electron chi connectivity index (χ0n) is 13.0. The van der Waals surface area contributed by atoms with Gasteiger partial charge in [0.1, 0.15) is 0 Å². The zero-order chi connectivity index (χ0) is 14.6. The van der Waals surface area contributed by atoms with Gasteiger partial charge in [0.25, 0.3) is 0 Å². The Hall–Kier alpha value is -1.38. The molecule has 2 rings (SSSR count). The van der Waals surface area contributed by atoms with Crippen LogP contribution in [0.25, 0.3) is 0 Å². The van der Waals surface area contributed by atoms with Gasteiger partial charge in [-0.2, -0.15) is 0 Å². The van der Waals surface area contributed by atoms with E-state index in [0.717, 1.165) is 13.1 Å². The second-order valence-corrected chi connectivity index (χ2v) is 11.6. The number of hydrogen-bond donors (Lipinski definition) is 1. The summed E-state index contributed by atoms with van der Waals surface area (Å²) in [6.45, 7) is 11.2. The predicted octanol–water partition coefficient (Wildman–Crippen LogP) is 3.83. The van der Waals surface area contributed by atoms with E-state index >= 15 is 0 Å². The Bertz CT molecular complexity index is 552. The molecule has 0 spiro atoms. The van der Waals surface area contributed by atoms with E-state index in [0.29, 0.717) is 0 Å². The predicted molar refractivity (Wildman–Crippen MR) is 91.1 cm³/mol. The van der Waals surface area contributed by atoms with E-state index in [4.69, 9.17) is 0 Å². The molecule has 0 aliphatic carbocycles. The number of hydrogen-bond acceptors (Lipinski definition) is 1. The number of nitrogens with one attached hydrogen (secondary N) is 1. The lowest BCUT2D eigenvalue weighted by Crippen LogP contribution is -2.37. The van der Waals surface area contributed by atoms with Crippen LogP contribution in [0.5, 0.6) is 0 Å². The van der Waals surface area contributed by atoms with Crippen LogP contribution in [-0.2, 0) is 13.1 Å². The summed E-state index contributed by atoms with van der Waals surface area (Å²) in [6.07, 6.45) is 0. The maximum atomic E-state index is 3.51. The summed E-state index contributed by atoms with van der Waals surface area (Å²) in [5, 5.41) is 5.04. The first-order valence-corrected chi connectivity index (χ1v) is 10.8. The lowest BCUT2D eigenvalue weighted by molar-refractivity contribution is 0.693. The zero-order valence-corrected chi connectivity index (χ0v) is 14.0. The van der Waals surface area contributed by atoms with Gasteiger partial charge in [0.2, 0.25) is 0 Å². The standard InChI is InChI=1S/C18H25NSi/c1-15-6-5-7-17(12-15)14-19-13-16-8-10-18(11-9-16)20(2,3)4/h5-12,19H,13-14H2,1-4H3. The summed E-state index contributed by atoms with van der Waals surface area (Å²) in [5.41, 5.74) is 4.03. The smallest absolute Gasteiger partial charge is 0.0775 e. The molecule has 0 saturated heterocycles. The Kier molecular flexibility index (Phi) is 4.79. The van der Waals surface area contributed by atoms with Gasteiger partial charge in [0, 0.05) is 13.1 Å². The minimum absolute atomic E-state index is 0.928. The van der Waals surface area contributed by atoms with Crippen LogP contribution >= 0.6 is 0 Å². The highest BCUT2D eigenvalue weighted by atomic mass is 28.3. The van der Waals surface area contributed by atoms with Crippen molar-refractivity contribution in [2.24, 2.45) is 0 Å². The lowest BCUT2D eigenvalue weighted by Gasteiger charge is -2.16. The first-order valence-electron chi connectivity index (χ1n) is 7.31. The van der Waals surface area contributed by atoms with Gasteiger partial charge in [-0.25, -0.2) is 0 Å². The summed E-state index contributed by atoms with van der Waals surface area (Å²) in [5.74, 6) is 0. The largest absolute Gasteiger partial charge is 0.309 e. The molecule has 0 unspecified atom stereocenters. The summed E-state index contributed by atoms with van der Waals surface area (Å²) >= 11 is 0. The van der Waals surface area contributed by atoms with Crippen LogP contribution in [0.4, 0.5) is 0 Å². The number of aryl methyl sites for hydroxylation is 1. The first kappa shape index (κ1) is 15.0. The van der Waals surface area contributed by atoms with Gasteiger partial charge in [-0.15, -0.1) is 0 Å². The highest BCUT2D eigenvalue weighted by Crippen LogP contribution is 2.06. The molecular weight excluding hydrogens is 258 g/mol. The third-order valence-corrected chi connectivity index (χ3v) is 5.63. The average molecular weight is 283 g/mol. The quantitative estimate of drug-likeness (QED) is 0.822. The highest BCUT2D eigenvalue weighted by Gasteiger charge is 2.15. The third-order valence-electron chi connectivity index (χ3n) is 3.56. The van der Waals surface area contributed by atoms with Crippen molar-refractivity contribution in [3.8, 4) is 0 Å². The second kappa shape index (κ2) is 6.38. The SMILES string of the molecule is Cc1cccc(CNCc2ccc([Si](C)(C)C)cc2)c1. The molecule has 2 aromatic carbocycles. The maximum absolute atomic E-state index is 3.51. The Morgan fingerprint density at radius 2 is 1.50 bits per heavy atom. The summed E-state index contributed by atoms with van der Waals surface area (Å²) in [7, 11) is -1.17. The van der Waals surface area contributed by atoms with Crippen molar-refractivity contribution < 1.29 is 0 Å². The van der Waals surface area contributed by atoms with Gasteiger partial charge in [0.05, 0.1) is 8.07 Å². The van der Waals surface area contributed by atoms with E-state index < -0.39 is 8.07 Å². The molecular formula is C18H25NSi. The van der Waals surface area contributed by atoms with E-state index in [-0.39, 0.29) is 0 Å². The van der Waals surface area contributed by atoms with Gasteiger partial charge in [-0.3, -0.25) is 0 Å². The summed E-state index contributed by atoms with van der Waals surface area (Å²) < 4.78 is 0. The van der Waals surface area contributed by atoms with E-state index in [1.807, 2.05) is 0 Å². The summed E-state index contributed by atoms with van der Waals surface area (Å²) in [6, 6.07) is 17.8. The van der Waals surface area contributed by atoms with Gasteiger partial charge < -0.3 is 5.32 Å². The van der Waals surface area contributed by atoms with Crippen LogP contribution in [0.2, 0.25) is 19.6 Å². The van der Waals surface area contributed by atoms with Gasteiger partial charge in [0.15, 0.2) is 0 Å². The van der Waals surface area contributed by atoms with Crippen molar-refractivity contribution in [2.75, 3.05) is 0 Å². The molecule has 0 atom stereocenters. The molecule has 0 aromatic heterocycles. The van der Waals surface area contributed by atoms with Gasteiger partial charge >= 0.3 is 0 Å². The van der Waals surface area contributed by atoms with E-state index in [1.54, 1.807) is 0 Å². The molecule has 2 aromatic rings. The molecule has 20 heavy (non-hydrogen) atoms. The number of benzene rings is 2. The molecule has 1 nitrogen and oxygen atoms in total. The van der Waals surface area contributed by atoms with Crippen molar-refractivity contribution in [1.82, 2.24) is 5.32 Å². The topological polar surface area (TPSA) is 12.0 Å². The highest BCUT2D eigenvalue weighted by molar-refractivity contribution is 6.88. The molecule has 106 valence electrons. The minimum atomic E-state index is -1.17. The molecule has 0 bridgehead atoms. The molecule has 2 heteroatoms. The molecule has 0 fully saturated rings. The fourth-order valence-corrected chi connectivity index (χ4v) is 3.46. The fraction of sp³-hybridized carbons (Fsp3) is 0.333. The fourth-order valence-electron chi connectivity index (χ4n) is 2.30. The Morgan fingerprint density at radius 1 is 0.850 bits per heavy atom. The van der Waals surface area contributed by atoms with E-state index in [1.165, 1.54) is 21.9 Å². The van der Waals surface area contributed by atoms with Crippen LogP contribution < -0.4 is 10.5 Å². The lowest BCUT2D eigenvalue weighted by atomic mass is 10.1. The molecule has 1 N–H and O–H groups in total. The molecule has 0 aliphatic rings. The van der Waals surface area contributed by atoms with E-state index in [9.17, 15) is 0 Å². The van der Waals surface area contributed by atoms with E-state index in [2.05, 4.69) is 80.4 Å². The summed E-state index contributed by atoms with van der Waals surface area (Å²) in [4.78, 5) is 0. The second-order valence-electron chi connectivity index (χ2n) is 6.54. The molecule has 0 heterocycles. The molecule has 0 amide bonds. The van der Waals surface area contributed by atoms with Crippen LogP contribution in [0.1, 0.15) is 16.7 Å². The molecule has 0 radical (unpaired) electrons. The van der Waals surface area contributed by atoms with Gasteiger partial charge in [-0.05, 0) is 18.1 Å². The van der Waals surface area contributed by atoms with Crippen LogP contribution in [0.15, 0.2) is 48.5 Å². The monoisotopic (exact) mass is 283 g/mol. The van der Waals surface area contributed by atoms with Crippen molar-refractivity contribution in [1.29, 1.82) is 0 Å². The third kappa shape index (κ3) is 4.32. The minimum Gasteiger partial charge on any atom is -0.309 e. The van der Waals surface area contributed by atoms with Crippen LogP contribution in [-0.4, -0.2) is 8.07 Å². The van der Waals surface area contributed by atoms with Crippen LogP contribution in [0.3, 0.4) is 0 Å². The van der Waals surface area contributed by atoms with Crippen molar-refractivity contribution >= 4 is 13.3 Å².